The van der Waals surface area contributed by atoms with E-state index in [1.165, 1.54) is 5.56 Å². The van der Waals surface area contributed by atoms with Crippen LogP contribution in [0.1, 0.15) is 5.56 Å². The summed E-state index contributed by atoms with van der Waals surface area (Å²) in [7, 11) is 0. The average molecular weight is 258 g/mol. The van der Waals surface area contributed by atoms with Crippen molar-refractivity contribution in [3.8, 4) is 0 Å². The van der Waals surface area contributed by atoms with Gasteiger partial charge in [0, 0.05) is 5.75 Å². The van der Waals surface area contributed by atoms with E-state index in [2.05, 4.69) is 22.1 Å². The molecule has 0 aliphatic carbocycles. The second-order valence-electron chi connectivity index (χ2n) is 3.67. The average Bonchev–Trinajstić information content (AvgIpc) is 2.38. The Balaban J connectivity index is 1.97. The van der Waals surface area contributed by atoms with Crippen molar-refractivity contribution in [2.75, 3.05) is 0 Å². The summed E-state index contributed by atoms with van der Waals surface area (Å²) < 4.78 is 0. The van der Waals surface area contributed by atoms with Crippen LogP contribution in [-0.4, -0.2) is 10.9 Å². The summed E-state index contributed by atoms with van der Waals surface area (Å²) in [5, 5.41) is 0.952. The van der Waals surface area contributed by atoms with Crippen molar-refractivity contribution in [1.82, 2.24) is 4.98 Å². The van der Waals surface area contributed by atoms with Gasteiger partial charge in [0.05, 0.1) is 16.9 Å². The van der Waals surface area contributed by atoms with E-state index in [1.807, 2.05) is 30.3 Å². The molecule has 1 aromatic carbocycles. The minimum atomic E-state index is 0.0430. The fraction of sp³-hybridized carbons (Fsp3) is 0.0769. The third kappa shape index (κ3) is 3.78. The molecule has 0 unspecified atom stereocenters. The predicted octanol–water partition coefficient (Wildman–Crippen LogP) is 2.28. The van der Waals surface area contributed by atoms with Crippen LogP contribution in [0, 0.1) is 0 Å². The molecule has 0 fully saturated rings. The molecule has 0 aliphatic heterocycles. The molecule has 18 heavy (non-hydrogen) atoms. The van der Waals surface area contributed by atoms with Crippen LogP contribution < -0.4 is 11.5 Å². The Bertz CT molecular complexity index is 518. The van der Waals surface area contributed by atoms with Crippen LogP contribution in [0.5, 0.6) is 0 Å². The lowest BCUT2D eigenvalue weighted by atomic mass is 10.2. The van der Waals surface area contributed by atoms with E-state index < -0.39 is 0 Å². The van der Waals surface area contributed by atoms with E-state index in [-0.39, 0.29) is 5.96 Å². The van der Waals surface area contributed by atoms with Crippen molar-refractivity contribution in [1.29, 1.82) is 0 Å². The highest BCUT2D eigenvalue weighted by Gasteiger charge is 1.98. The topological polar surface area (TPSA) is 77.3 Å². The quantitative estimate of drug-likeness (QED) is 0.501. The van der Waals surface area contributed by atoms with E-state index >= 15 is 0 Å². The molecule has 0 radical (unpaired) electrons. The molecular weight excluding hydrogens is 244 g/mol. The summed E-state index contributed by atoms with van der Waals surface area (Å²) in [5.41, 5.74) is 12.5. The zero-order valence-corrected chi connectivity index (χ0v) is 10.6. The number of rotatable bonds is 4. The number of nitrogens with zero attached hydrogens (tertiary/aromatic N) is 2. The van der Waals surface area contributed by atoms with Crippen LogP contribution in [0.3, 0.4) is 0 Å². The first-order valence-electron chi connectivity index (χ1n) is 5.46. The van der Waals surface area contributed by atoms with Crippen LogP contribution >= 0.6 is 11.8 Å². The summed E-state index contributed by atoms with van der Waals surface area (Å²) in [4.78, 5) is 8.21. The molecule has 0 aliphatic rings. The van der Waals surface area contributed by atoms with Crippen LogP contribution in [0.4, 0.5) is 5.69 Å². The normalized spacial score (nSPS) is 10.0. The maximum atomic E-state index is 5.29. The monoisotopic (exact) mass is 258 g/mol. The van der Waals surface area contributed by atoms with Gasteiger partial charge in [0.25, 0.3) is 0 Å². The second kappa shape index (κ2) is 6.07. The van der Waals surface area contributed by atoms with Gasteiger partial charge in [0.2, 0.25) is 0 Å². The molecule has 0 amide bonds. The Morgan fingerprint density at radius 3 is 2.50 bits per heavy atom. The van der Waals surface area contributed by atoms with Gasteiger partial charge in [-0.25, -0.2) is 9.98 Å². The van der Waals surface area contributed by atoms with Gasteiger partial charge >= 0.3 is 0 Å². The SMILES string of the molecule is NC(N)=Nc1ccc(SCc2ccccc2)nc1. The summed E-state index contributed by atoms with van der Waals surface area (Å²) in [5.74, 6) is 0.941. The van der Waals surface area contributed by atoms with Crippen LogP contribution in [0.15, 0.2) is 58.7 Å². The molecule has 1 heterocycles. The highest BCUT2D eigenvalue weighted by molar-refractivity contribution is 7.98. The van der Waals surface area contributed by atoms with E-state index in [0.29, 0.717) is 5.69 Å². The first kappa shape index (κ1) is 12.4. The Morgan fingerprint density at radius 2 is 1.89 bits per heavy atom. The second-order valence-corrected chi connectivity index (χ2v) is 4.66. The first-order valence-corrected chi connectivity index (χ1v) is 6.45. The van der Waals surface area contributed by atoms with Gasteiger partial charge in [-0.2, -0.15) is 0 Å². The number of guanidine groups is 1. The van der Waals surface area contributed by atoms with Crippen LogP contribution in [0.25, 0.3) is 0 Å². The largest absolute Gasteiger partial charge is 0.370 e. The lowest BCUT2D eigenvalue weighted by Crippen LogP contribution is -2.21. The van der Waals surface area contributed by atoms with E-state index in [1.54, 1.807) is 18.0 Å². The van der Waals surface area contributed by atoms with Gasteiger partial charge in [-0.05, 0) is 17.7 Å². The number of thioether (sulfide) groups is 1. The first-order chi connectivity index (χ1) is 8.74. The molecule has 2 aromatic rings. The van der Waals surface area contributed by atoms with Gasteiger partial charge in [0.1, 0.15) is 0 Å². The van der Waals surface area contributed by atoms with Crippen LogP contribution in [0.2, 0.25) is 0 Å². The molecular formula is C13H14N4S. The maximum absolute atomic E-state index is 5.29. The van der Waals surface area contributed by atoms with Crippen molar-refractivity contribution in [3.05, 3.63) is 54.2 Å². The molecule has 5 heteroatoms. The smallest absolute Gasteiger partial charge is 0.191 e. The van der Waals surface area contributed by atoms with Gasteiger partial charge in [-0.3, -0.25) is 0 Å². The standard InChI is InChI=1S/C13H14N4S/c14-13(15)17-11-6-7-12(16-8-11)18-9-10-4-2-1-3-5-10/h1-8H,9H2,(H4,14,15,17). The Hall–Kier alpha value is -2.01. The van der Waals surface area contributed by atoms with Gasteiger partial charge in [-0.15, -0.1) is 11.8 Å². The molecule has 1 aromatic heterocycles. The minimum Gasteiger partial charge on any atom is -0.370 e. The highest BCUT2D eigenvalue weighted by Crippen LogP contribution is 2.22. The van der Waals surface area contributed by atoms with Crippen molar-refractivity contribution in [2.45, 2.75) is 10.8 Å². The summed E-state index contributed by atoms with van der Waals surface area (Å²) >= 11 is 1.68. The number of aliphatic imine (C=N–C) groups is 1. The Labute approximate surface area is 110 Å². The van der Waals surface area contributed by atoms with E-state index in [9.17, 15) is 0 Å². The van der Waals surface area contributed by atoms with Crippen molar-refractivity contribution in [2.24, 2.45) is 16.5 Å². The third-order valence-electron chi connectivity index (χ3n) is 2.21. The summed E-state index contributed by atoms with van der Waals surface area (Å²) in [6.07, 6.45) is 1.66. The molecule has 0 atom stereocenters. The highest BCUT2D eigenvalue weighted by atomic mass is 32.2. The van der Waals surface area contributed by atoms with Gasteiger partial charge in [-0.1, -0.05) is 30.3 Å². The fourth-order valence-electron chi connectivity index (χ4n) is 1.40. The molecule has 0 saturated heterocycles. The van der Waals surface area contributed by atoms with Crippen molar-refractivity contribution in [3.63, 3.8) is 0 Å². The molecule has 0 saturated carbocycles. The number of aromatic nitrogens is 1. The molecule has 2 rings (SSSR count). The number of hydrogen-bond acceptors (Lipinski definition) is 3. The van der Waals surface area contributed by atoms with E-state index in [0.717, 1.165) is 10.8 Å². The maximum Gasteiger partial charge on any atom is 0.191 e. The molecule has 0 spiro atoms. The number of pyridine rings is 1. The lowest BCUT2D eigenvalue weighted by Gasteiger charge is -2.01. The number of hydrogen-bond donors (Lipinski definition) is 2. The molecule has 4 N–H and O–H groups in total. The van der Waals surface area contributed by atoms with Gasteiger partial charge in [0.15, 0.2) is 5.96 Å². The minimum absolute atomic E-state index is 0.0430. The van der Waals surface area contributed by atoms with E-state index in [4.69, 9.17) is 11.5 Å². The van der Waals surface area contributed by atoms with Crippen molar-refractivity contribution < 1.29 is 0 Å². The van der Waals surface area contributed by atoms with Crippen LogP contribution in [-0.2, 0) is 5.75 Å². The predicted molar refractivity (Wildman–Crippen MR) is 75.7 cm³/mol. The van der Waals surface area contributed by atoms with Crippen molar-refractivity contribution >= 4 is 23.4 Å². The Kier molecular flexibility index (Phi) is 4.20. The molecule has 4 nitrogen and oxygen atoms in total. The summed E-state index contributed by atoms with van der Waals surface area (Å²) in [6.45, 7) is 0. The third-order valence-corrected chi connectivity index (χ3v) is 3.22. The lowest BCUT2D eigenvalue weighted by molar-refractivity contribution is 1.12. The number of benzene rings is 1. The van der Waals surface area contributed by atoms with Gasteiger partial charge < -0.3 is 11.5 Å². The molecule has 92 valence electrons. The molecule has 0 bridgehead atoms. The zero-order chi connectivity index (χ0) is 12.8. The zero-order valence-electron chi connectivity index (χ0n) is 9.78. The fourth-order valence-corrected chi connectivity index (χ4v) is 2.20. The number of nitrogens with two attached hydrogens (primary N) is 2. The Morgan fingerprint density at radius 1 is 1.11 bits per heavy atom. The summed E-state index contributed by atoms with van der Waals surface area (Å²) in [6, 6.07) is 14.0.